The van der Waals surface area contributed by atoms with E-state index >= 15 is 26.3 Å². The van der Waals surface area contributed by atoms with Crippen LogP contribution >= 0.6 is 0 Å². The van der Waals surface area contributed by atoms with Crippen molar-refractivity contribution in [1.29, 1.82) is 0 Å². The minimum atomic E-state index is -6.86. The van der Waals surface area contributed by atoms with Gasteiger partial charge >= 0.3 is 30.4 Å². The summed E-state index contributed by atoms with van der Waals surface area (Å²) in [5.41, 5.74) is -13.4. The molecule has 0 saturated heterocycles. The Bertz CT molecular complexity index is 1510. The van der Waals surface area contributed by atoms with Crippen molar-refractivity contribution in [3.63, 3.8) is 0 Å². The summed E-state index contributed by atoms with van der Waals surface area (Å²) in [6.07, 6.45) is -22.8. The van der Waals surface area contributed by atoms with Gasteiger partial charge in [0, 0.05) is 42.0 Å². The first kappa shape index (κ1) is 36.4. The average Bonchev–Trinajstić information content (AvgIpc) is 2.99. The van der Waals surface area contributed by atoms with Crippen LogP contribution in [0.1, 0.15) is 48.0 Å². The third-order valence-electron chi connectivity index (χ3n) is 7.50. The number of aromatic nitrogens is 2. The van der Waals surface area contributed by atoms with E-state index in [2.05, 4.69) is 20.0 Å². The Morgan fingerprint density at radius 3 is 1.73 bits per heavy atom. The molecular weight excluding hydrogens is 684 g/mol. The lowest BCUT2D eigenvalue weighted by Crippen LogP contribution is -2.76. The maximum Gasteiger partial charge on any atom is 0.443 e. The van der Waals surface area contributed by atoms with Crippen LogP contribution in [-0.2, 0) is 9.53 Å². The fourth-order valence-corrected chi connectivity index (χ4v) is 5.11. The second kappa shape index (κ2) is 12.9. The Morgan fingerprint density at radius 1 is 0.750 bits per heavy atom. The second-order valence-corrected chi connectivity index (χ2v) is 10.6. The van der Waals surface area contributed by atoms with Crippen LogP contribution in [0.3, 0.4) is 0 Å². The Labute approximate surface area is 261 Å². The number of ether oxygens (including phenoxy) is 1. The zero-order chi connectivity index (χ0) is 35.8. The molecule has 0 aromatic carbocycles. The molecule has 0 unspecified atom stereocenters. The van der Waals surface area contributed by atoms with Gasteiger partial charge in [0.15, 0.2) is 5.92 Å². The number of halogens is 12. The fourth-order valence-electron chi connectivity index (χ4n) is 5.11. The molecule has 4 rings (SSSR count). The van der Waals surface area contributed by atoms with Crippen molar-refractivity contribution >= 4 is 23.6 Å². The number of hydrogen-bond acceptors (Lipinski definition) is 7. The highest BCUT2D eigenvalue weighted by atomic mass is 19.4. The van der Waals surface area contributed by atoms with Crippen molar-refractivity contribution in [2.75, 3.05) is 0 Å². The van der Waals surface area contributed by atoms with Crippen molar-refractivity contribution in [3.05, 3.63) is 60.2 Å². The van der Waals surface area contributed by atoms with Crippen molar-refractivity contribution in [1.82, 2.24) is 20.6 Å². The average molecular weight is 706 g/mol. The zero-order valence-corrected chi connectivity index (χ0v) is 23.9. The van der Waals surface area contributed by atoms with Gasteiger partial charge < -0.3 is 15.4 Å². The summed E-state index contributed by atoms with van der Waals surface area (Å²) < 4.78 is 181. The van der Waals surface area contributed by atoms with Crippen molar-refractivity contribution in [2.24, 2.45) is 15.9 Å². The number of aliphatic imine (C=N–C) groups is 2. The van der Waals surface area contributed by atoms with Gasteiger partial charge in [-0.1, -0.05) is 19.3 Å². The molecular formula is C27H22F12N6O3. The molecule has 2 aromatic heterocycles. The molecule has 2 aromatic rings. The molecule has 0 radical (unpaired) electrons. The topological polar surface area (TPSA) is 118 Å². The second-order valence-electron chi connectivity index (χ2n) is 10.6. The Kier molecular flexibility index (Phi) is 9.75. The van der Waals surface area contributed by atoms with E-state index in [1.165, 1.54) is 0 Å². The molecule has 1 saturated carbocycles. The zero-order valence-electron chi connectivity index (χ0n) is 23.9. The highest BCUT2D eigenvalue weighted by Crippen LogP contribution is 2.53. The molecule has 2 N–H and O–H groups in total. The molecule has 1 atom stereocenters. The number of alkyl halides is 12. The molecule has 9 nitrogen and oxygen atoms in total. The minimum Gasteiger partial charge on any atom is -0.424 e. The number of rotatable bonds is 7. The molecule has 1 fully saturated rings. The van der Waals surface area contributed by atoms with Gasteiger partial charge in [-0.2, -0.15) is 52.7 Å². The summed E-state index contributed by atoms with van der Waals surface area (Å²) in [7, 11) is 0. The molecule has 48 heavy (non-hydrogen) atoms. The first-order chi connectivity index (χ1) is 22.1. The number of nitrogens with zero attached hydrogens (tertiary/aromatic N) is 4. The van der Waals surface area contributed by atoms with Crippen LogP contribution in [0.5, 0.6) is 0 Å². The third kappa shape index (κ3) is 6.75. The van der Waals surface area contributed by atoms with Gasteiger partial charge in [-0.3, -0.25) is 19.6 Å². The number of nitrogens with one attached hydrogen (secondary N) is 2. The van der Waals surface area contributed by atoms with Crippen LogP contribution in [0.25, 0.3) is 0 Å². The number of amides is 2. The predicted octanol–water partition coefficient (Wildman–Crippen LogP) is 5.83. The van der Waals surface area contributed by atoms with Gasteiger partial charge in [0.1, 0.15) is 0 Å². The Balaban J connectivity index is 2.08. The number of carbonyl (C=O) groups excluding carboxylic acids is 2. The lowest BCUT2D eigenvalue weighted by atomic mass is 9.79. The Morgan fingerprint density at radius 2 is 1.25 bits per heavy atom. The van der Waals surface area contributed by atoms with Crippen molar-refractivity contribution in [3.8, 4) is 0 Å². The van der Waals surface area contributed by atoms with Crippen LogP contribution in [0.15, 0.2) is 59.0 Å². The SMILES string of the molecule is O=C(NC([C@H](C(=O)NC1CCCCC1)C1=NC(C(F)(F)F)(C(F)(F)F)N=C(c2ccncc2)O1)(C(F)(F)F)C(F)(F)F)c1ccncc1. The molecule has 1 aliphatic heterocycles. The summed E-state index contributed by atoms with van der Waals surface area (Å²) in [5.74, 6) is -13.3. The molecule has 2 amide bonds. The van der Waals surface area contributed by atoms with Gasteiger partial charge in [-0.15, -0.1) is 0 Å². The van der Waals surface area contributed by atoms with E-state index in [1.807, 2.05) is 5.32 Å². The van der Waals surface area contributed by atoms with Crippen LogP contribution in [0, 0.1) is 5.92 Å². The maximum absolute atomic E-state index is 15.1. The van der Waals surface area contributed by atoms with Gasteiger partial charge in [0.05, 0.1) is 0 Å². The lowest BCUT2D eigenvalue weighted by Gasteiger charge is -2.44. The first-order valence-corrected chi connectivity index (χ1v) is 13.7. The fraction of sp³-hybridized carbons (Fsp3) is 0.481. The number of carbonyl (C=O) groups is 2. The minimum absolute atomic E-state index is 0.0149. The third-order valence-corrected chi connectivity index (χ3v) is 7.50. The van der Waals surface area contributed by atoms with E-state index in [-0.39, 0.29) is 12.8 Å². The smallest absolute Gasteiger partial charge is 0.424 e. The largest absolute Gasteiger partial charge is 0.443 e. The molecule has 3 heterocycles. The van der Waals surface area contributed by atoms with E-state index < -0.39 is 82.6 Å². The molecule has 0 spiro atoms. The summed E-state index contributed by atoms with van der Waals surface area (Å²) in [4.78, 5) is 38.3. The van der Waals surface area contributed by atoms with Gasteiger partial charge in [-0.25, -0.2) is 9.98 Å². The monoisotopic (exact) mass is 706 g/mol. The summed E-state index contributed by atoms with van der Waals surface area (Å²) >= 11 is 0. The van der Waals surface area contributed by atoms with E-state index in [0.29, 0.717) is 48.8 Å². The van der Waals surface area contributed by atoms with Crippen molar-refractivity contribution < 1.29 is 67.0 Å². The standard InChI is InChI=1S/C27H22F12N6O3/c28-24(29,30)22(25(31,32)33,43-18(46)14-6-10-40-11-7-14)17(19(47)42-16-4-2-1-3-5-16)21-45-23(26(34,35)36,27(37,38)39)44-20(48-21)15-8-12-41-13-9-15/h6-13,16-17H,1-5H2,(H,42,47)(H,43,46)/t17-/m1/s1. The highest BCUT2D eigenvalue weighted by molar-refractivity contribution is 6.11. The Hall–Kier alpha value is -4.46. The molecule has 0 bridgehead atoms. The lowest BCUT2D eigenvalue weighted by molar-refractivity contribution is -0.312. The normalized spacial score (nSPS) is 18.6. The van der Waals surface area contributed by atoms with Crippen LogP contribution in [0.4, 0.5) is 52.7 Å². The molecule has 1 aliphatic carbocycles. The van der Waals surface area contributed by atoms with Gasteiger partial charge in [0.25, 0.3) is 11.4 Å². The highest BCUT2D eigenvalue weighted by Gasteiger charge is 2.80. The van der Waals surface area contributed by atoms with Crippen molar-refractivity contribution in [2.45, 2.75) is 74.1 Å². The van der Waals surface area contributed by atoms with Gasteiger partial charge in [-0.05, 0) is 37.1 Å². The summed E-state index contributed by atoms with van der Waals surface area (Å²) in [6, 6.07) is 1.53. The van der Waals surface area contributed by atoms with Crippen LogP contribution < -0.4 is 10.6 Å². The summed E-state index contributed by atoms with van der Waals surface area (Å²) in [5, 5.41) is 2.52. The van der Waals surface area contributed by atoms with E-state index in [9.17, 15) is 35.9 Å². The maximum atomic E-state index is 15.1. The first-order valence-electron chi connectivity index (χ1n) is 13.7. The summed E-state index contributed by atoms with van der Waals surface area (Å²) in [6.45, 7) is 0. The van der Waals surface area contributed by atoms with E-state index in [0.717, 1.165) is 24.8 Å². The van der Waals surface area contributed by atoms with Crippen LogP contribution in [0.2, 0.25) is 0 Å². The van der Waals surface area contributed by atoms with E-state index in [4.69, 9.17) is 4.74 Å². The quantitative estimate of drug-likeness (QED) is 0.352. The molecule has 21 heteroatoms. The van der Waals surface area contributed by atoms with Crippen LogP contribution in [-0.4, -0.2) is 75.5 Å². The van der Waals surface area contributed by atoms with E-state index in [1.54, 1.807) is 0 Å². The number of hydrogen-bond donors (Lipinski definition) is 2. The number of pyridine rings is 2. The molecule has 2 aliphatic rings. The predicted molar refractivity (Wildman–Crippen MR) is 139 cm³/mol. The molecule has 262 valence electrons. The van der Waals surface area contributed by atoms with Gasteiger partial charge in [0.2, 0.25) is 17.7 Å².